The van der Waals surface area contributed by atoms with Crippen LogP contribution in [-0.4, -0.2) is 21.9 Å². The van der Waals surface area contributed by atoms with Crippen molar-refractivity contribution in [2.24, 2.45) is 0 Å². The monoisotopic (exact) mass is 374 g/mol. The molecule has 0 aliphatic carbocycles. The number of hydrogen-bond acceptors (Lipinski definition) is 4. The second kappa shape index (κ2) is 8.65. The van der Waals surface area contributed by atoms with Crippen LogP contribution in [0, 0.1) is 13.8 Å². The van der Waals surface area contributed by atoms with E-state index in [2.05, 4.69) is 46.2 Å². The molecule has 0 aliphatic heterocycles. The summed E-state index contributed by atoms with van der Waals surface area (Å²) in [5.41, 5.74) is 4.50. The van der Waals surface area contributed by atoms with Crippen LogP contribution >= 0.6 is 0 Å². The lowest BCUT2D eigenvalue weighted by molar-refractivity contribution is 0.102. The van der Waals surface area contributed by atoms with E-state index in [-0.39, 0.29) is 11.9 Å². The minimum absolute atomic E-state index is 0.192. The molecular weight excluding hydrogens is 348 g/mol. The quantitative estimate of drug-likeness (QED) is 0.676. The number of nitrogens with one attached hydrogen (secondary N) is 1. The molecule has 2 aromatic carbocycles. The van der Waals surface area contributed by atoms with Crippen LogP contribution in [0.2, 0.25) is 0 Å². The maximum atomic E-state index is 12.7. The molecular formula is C23H26N4O. The predicted octanol–water partition coefficient (Wildman–Crippen LogP) is 4.76. The van der Waals surface area contributed by atoms with Crippen molar-refractivity contribution >= 4 is 17.5 Å². The fourth-order valence-corrected chi connectivity index (χ4v) is 3.02. The molecule has 0 unspecified atom stereocenters. The van der Waals surface area contributed by atoms with Gasteiger partial charge in [-0.1, -0.05) is 48.0 Å². The Morgan fingerprint density at radius 2 is 1.82 bits per heavy atom. The molecule has 3 rings (SSSR count). The van der Waals surface area contributed by atoms with Crippen molar-refractivity contribution in [1.82, 2.24) is 9.97 Å². The largest absolute Gasteiger partial charge is 0.334 e. The van der Waals surface area contributed by atoms with Crippen molar-refractivity contribution in [3.05, 3.63) is 83.2 Å². The van der Waals surface area contributed by atoms with E-state index in [1.165, 1.54) is 5.56 Å². The number of anilines is 2. The van der Waals surface area contributed by atoms with Gasteiger partial charge in [0.15, 0.2) is 0 Å². The van der Waals surface area contributed by atoms with Crippen molar-refractivity contribution in [3.8, 4) is 0 Å². The van der Waals surface area contributed by atoms with Crippen LogP contribution in [0.3, 0.4) is 0 Å². The van der Waals surface area contributed by atoms with E-state index in [0.717, 1.165) is 16.8 Å². The van der Waals surface area contributed by atoms with E-state index < -0.39 is 0 Å². The van der Waals surface area contributed by atoms with Gasteiger partial charge in [-0.25, -0.2) is 9.97 Å². The molecule has 1 heterocycles. The van der Waals surface area contributed by atoms with Crippen molar-refractivity contribution < 1.29 is 4.79 Å². The van der Waals surface area contributed by atoms with E-state index in [4.69, 9.17) is 0 Å². The van der Waals surface area contributed by atoms with Gasteiger partial charge in [0.05, 0.1) is 0 Å². The number of carbonyl (C=O) groups is 1. The molecule has 144 valence electrons. The van der Waals surface area contributed by atoms with Crippen LogP contribution in [-0.2, 0) is 6.54 Å². The van der Waals surface area contributed by atoms with Gasteiger partial charge in [0.25, 0.3) is 5.91 Å². The highest BCUT2D eigenvalue weighted by molar-refractivity contribution is 6.03. The Balaban J connectivity index is 1.82. The maximum Gasteiger partial charge on any atom is 0.274 e. The minimum atomic E-state index is -0.237. The molecule has 0 spiro atoms. The Bertz CT molecular complexity index is 954. The van der Waals surface area contributed by atoms with Gasteiger partial charge in [-0.2, -0.15) is 0 Å². The zero-order valence-electron chi connectivity index (χ0n) is 16.8. The second-order valence-electron chi connectivity index (χ2n) is 7.22. The topological polar surface area (TPSA) is 58.1 Å². The highest BCUT2D eigenvalue weighted by atomic mass is 16.1. The fourth-order valence-electron chi connectivity index (χ4n) is 3.02. The first kappa shape index (κ1) is 19.5. The third-order valence-electron chi connectivity index (χ3n) is 4.58. The van der Waals surface area contributed by atoms with Gasteiger partial charge in [0.2, 0.25) is 5.95 Å². The van der Waals surface area contributed by atoms with Crippen LogP contribution in [0.1, 0.15) is 41.0 Å². The third-order valence-corrected chi connectivity index (χ3v) is 4.58. The van der Waals surface area contributed by atoms with Crippen molar-refractivity contribution in [1.29, 1.82) is 0 Å². The number of amides is 1. The Morgan fingerprint density at radius 3 is 2.50 bits per heavy atom. The summed E-state index contributed by atoms with van der Waals surface area (Å²) in [5.74, 6) is 0.311. The van der Waals surface area contributed by atoms with Crippen molar-refractivity contribution in [2.45, 2.75) is 40.3 Å². The van der Waals surface area contributed by atoms with Crippen LogP contribution in [0.15, 0.2) is 60.8 Å². The summed E-state index contributed by atoms with van der Waals surface area (Å²) in [6.45, 7) is 8.88. The van der Waals surface area contributed by atoms with E-state index in [0.29, 0.717) is 18.2 Å². The molecule has 1 N–H and O–H groups in total. The zero-order valence-corrected chi connectivity index (χ0v) is 16.8. The first-order valence-electron chi connectivity index (χ1n) is 9.46. The molecule has 1 amide bonds. The molecule has 0 bridgehead atoms. The first-order chi connectivity index (χ1) is 13.4. The van der Waals surface area contributed by atoms with Crippen LogP contribution in [0.25, 0.3) is 0 Å². The smallest absolute Gasteiger partial charge is 0.274 e. The summed E-state index contributed by atoms with van der Waals surface area (Å²) < 4.78 is 0. The molecule has 1 aromatic heterocycles. The maximum absolute atomic E-state index is 12.7. The third kappa shape index (κ3) is 4.74. The normalized spacial score (nSPS) is 10.8. The molecule has 0 radical (unpaired) electrons. The highest BCUT2D eigenvalue weighted by Crippen LogP contribution is 2.19. The molecule has 0 atom stereocenters. The van der Waals surface area contributed by atoms with Crippen LogP contribution in [0.5, 0.6) is 0 Å². The fraction of sp³-hybridized carbons (Fsp3) is 0.261. The van der Waals surface area contributed by atoms with Crippen LogP contribution < -0.4 is 10.2 Å². The lowest BCUT2D eigenvalue weighted by atomic mass is 10.1. The molecule has 28 heavy (non-hydrogen) atoms. The molecule has 0 saturated heterocycles. The van der Waals surface area contributed by atoms with Crippen molar-refractivity contribution in [3.63, 3.8) is 0 Å². The standard InChI is InChI=1S/C23H26N4O/c1-16(2)27(15-19-8-6-5-7-9-19)23-24-13-12-21(26-23)22(28)25-20-11-10-17(3)14-18(20)4/h5-14,16H,15H2,1-4H3,(H,25,28). The summed E-state index contributed by atoms with van der Waals surface area (Å²) in [6, 6.07) is 18.0. The van der Waals surface area contributed by atoms with E-state index in [1.54, 1.807) is 12.3 Å². The zero-order chi connectivity index (χ0) is 20.1. The molecule has 5 nitrogen and oxygen atoms in total. The van der Waals surface area contributed by atoms with Gasteiger partial charge < -0.3 is 10.2 Å². The predicted molar refractivity (Wildman–Crippen MR) is 114 cm³/mol. The van der Waals surface area contributed by atoms with Gasteiger partial charge in [0, 0.05) is 24.5 Å². The number of nitrogens with zero attached hydrogens (tertiary/aromatic N) is 3. The summed E-state index contributed by atoms with van der Waals surface area (Å²) in [6.07, 6.45) is 1.64. The average Bonchev–Trinajstić information content (AvgIpc) is 2.69. The molecule has 3 aromatic rings. The molecule has 0 saturated carbocycles. The minimum Gasteiger partial charge on any atom is -0.334 e. The number of hydrogen-bond donors (Lipinski definition) is 1. The SMILES string of the molecule is Cc1ccc(NC(=O)c2ccnc(N(Cc3ccccc3)C(C)C)n2)c(C)c1. The second-order valence-corrected chi connectivity index (χ2v) is 7.22. The van der Waals surface area contributed by atoms with Gasteiger partial charge in [0.1, 0.15) is 5.69 Å². The average molecular weight is 374 g/mol. The summed E-state index contributed by atoms with van der Waals surface area (Å²) >= 11 is 0. The summed E-state index contributed by atoms with van der Waals surface area (Å²) in [5, 5.41) is 2.95. The Hall–Kier alpha value is -3.21. The Morgan fingerprint density at radius 1 is 1.07 bits per heavy atom. The van der Waals surface area contributed by atoms with Gasteiger partial charge >= 0.3 is 0 Å². The Kier molecular flexibility index (Phi) is 6.04. The lowest BCUT2D eigenvalue weighted by Crippen LogP contribution is -2.32. The molecule has 5 heteroatoms. The van der Waals surface area contributed by atoms with E-state index >= 15 is 0 Å². The van der Waals surface area contributed by atoms with Gasteiger partial charge in [-0.15, -0.1) is 0 Å². The Labute approximate surface area is 166 Å². The summed E-state index contributed by atoms with van der Waals surface area (Å²) in [4.78, 5) is 23.8. The first-order valence-corrected chi connectivity index (χ1v) is 9.46. The number of aryl methyl sites for hydroxylation is 2. The summed E-state index contributed by atoms with van der Waals surface area (Å²) in [7, 11) is 0. The van der Waals surface area contributed by atoms with E-state index in [1.807, 2.05) is 50.2 Å². The lowest BCUT2D eigenvalue weighted by Gasteiger charge is -2.27. The van der Waals surface area contributed by atoms with Gasteiger partial charge in [-0.05, 0) is 51.0 Å². The number of carbonyl (C=O) groups excluding carboxylic acids is 1. The van der Waals surface area contributed by atoms with E-state index in [9.17, 15) is 4.79 Å². The molecule has 0 fully saturated rings. The number of aromatic nitrogens is 2. The highest BCUT2D eigenvalue weighted by Gasteiger charge is 2.17. The molecule has 0 aliphatic rings. The van der Waals surface area contributed by atoms with Gasteiger partial charge in [-0.3, -0.25) is 4.79 Å². The number of benzene rings is 2. The van der Waals surface area contributed by atoms with Crippen molar-refractivity contribution in [2.75, 3.05) is 10.2 Å². The number of rotatable bonds is 6. The van der Waals surface area contributed by atoms with Crippen LogP contribution in [0.4, 0.5) is 11.6 Å².